The Hall–Kier alpha value is -2.37. The van der Waals surface area contributed by atoms with Crippen molar-refractivity contribution in [3.05, 3.63) is 36.8 Å². The Morgan fingerprint density at radius 2 is 2.05 bits per heavy atom. The molecule has 1 N–H and O–H groups in total. The van der Waals surface area contributed by atoms with Gasteiger partial charge in [-0.1, -0.05) is 6.92 Å². The van der Waals surface area contributed by atoms with E-state index < -0.39 is 0 Å². The number of hydrogen-bond donors (Lipinski definition) is 1. The van der Waals surface area contributed by atoms with Gasteiger partial charge < -0.3 is 9.72 Å². The molecule has 3 heterocycles. The molecule has 0 saturated carbocycles. The van der Waals surface area contributed by atoms with Crippen LogP contribution in [0.5, 0.6) is 0 Å². The smallest absolute Gasteiger partial charge is 0.184 e. The summed E-state index contributed by atoms with van der Waals surface area (Å²) >= 11 is 0. The third-order valence-electron chi connectivity index (χ3n) is 3.03. The molecular weight excluding hydrogens is 240 g/mol. The Morgan fingerprint density at radius 3 is 2.84 bits per heavy atom. The standard InChI is InChI=1S/C13H16N6/c1-3-4-11-15-6-8-19(11)13-12-16-5-7-18(12)9-10(14-2)17-13/h5-9,14H,3-4H2,1-2H3. The second kappa shape index (κ2) is 4.72. The molecule has 98 valence electrons. The van der Waals surface area contributed by atoms with Gasteiger partial charge in [0.2, 0.25) is 0 Å². The van der Waals surface area contributed by atoms with Crippen LogP contribution in [-0.2, 0) is 6.42 Å². The van der Waals surface area contributed by atoms with Crippen LogP contribution in [0.25, 0.3) is 11.5 Å². The largest absolute Gasteiger partial charge is 0.372 e. The van der Waals surface area contributed by atoms with Crippen LogP contribution in [0.3, 0.4) is 0 Å². The molecule has 19 heavy (non-hydrogen) atoms. The van der Waals surface area contributed by atoms with Gasteiger partial charge in [0.05, 0.1) is 6.20 Å². The first-order chi connectivity index (χ1) is 9.33. The minimum Gasteiger partial charge on any atom is -0.372 e. The second-order valence-electron chi connectivity index (χ2n) is 4.32. The normalized spacial score (nSPS) is 11.1. The number of anilines is 1. The van der Waals surface area contributed by atoms with E-state index in [1.807, 2.05) is 34.6 Å². The second-order valence-corrected chi connectivity index (χ2v) is 4.32. The first-order valence-corrected chi connectivity index (χ1v) is 6.37. The summed E-state index contributed by atoms with van der Waals surface area (Å²) in [5.41, 5.74) is 0.828. The van der Waals surface area contributed by atoms with Gasteiger partial charge in [-0.25, -0.2) is 15.0 Å². The van der Waals surface area contributed by atoms with E-state index in [1.165, 1.54) is 0 Å². The summed E-state index contributed by atoms with van der Waals surface area (Å²) in [4.78, 5) is 13.4. The van der Waals surface area contributed by atoms with Crippen molar-refractivity contribution in [3.63, 3.8) is 0 Å². The van der Waals surface area contributed by atoms with Gasteiger partial charge in [-0.05, 0) is 6.42 Å². The topological polar surface area (TPSA) is 60.0 Å². The highest BCUT2D eigenvalue weighted by Crippen LogP contribution is 2.17. The number of fused-ring (bicyclic) bond motifs is 1. The molecule has 6 heteroatoms. The van der Waals surface area contributed by atoms with E-state index in [1.54, 1.807) is 12.4 Å². The van der Waals surface area contributed by atoms with Gasteiger partial charge in [-0.2, -0.15) is 0 Å². The summed E-state index contributed by atoms with van der Waals surface area (Å²) in [7, 11) is 1.86. The molecule has 0 aliphatic rings. The van der Waals surface area contributed by atoms with E-state index in [0.717, 1.165) is 35.9 Å². The van der Waals surface area contributed by atoms with Crippen LogP contribution in [0, 0.1) is 0 Å². The lowest BCUT2D eigenvalue weighted by Gasteiger charge is -2.10. The molecule has 0 bridgehead atoms. The zero-order valence-electron chi connectivity index (χ0n) is 11.0. The molecule has 0 radical (unpaired) electrons. The monoisotopic (exact) mass is 256 g/mol. The summed E-state index contributed by atoms with van der Waals surface area (Å²) in [5.74, 6) is 2.61. The maximum Gasteiger partial charge on any atom is 0.184 e. The fourth-order valence-corrected chi connectivity index (χ4v) is 2.13. The average molecular weight is 256 g/mol. The van der Waals surface area contributed by atoms with Gasteiger partial charge in [-0.15, -0.1) is 0 Å². The highest BCUT2D eigenvalue weighted by atomic mass is 15.2. The Labute approximate surface area is 111 Å². The van der Waals surface area contributed by atoms with Gasteiger partial charge in [0.25, 0.3) is 0 Å². The summed E-state index contributed by atoms with van der Waals surface area (Å²) in [6.07, 6.45) is 11.3. The highest BCUT2D eigenvalue weighted by molar-refractivity contribution is 5.58. The lowest BCUT2D eigenvalue weighted by molar-refractivity contribution is 0.797. The quantitative estimate of drug-likeness (QED) is 0.774. The summed E-state index contributed by atoms with van der Waals surface area (Å²) < 4.78 is 3.97. The number of nitrogens with zero attached hydrogens (tertiary/aromatic N) is 5. The minimum atomic E-state index is 0.802. The van der Waals surface area contributed by atoms with Gasteiger partial charge in [0.15, 0.2) is 11.5 Å². The van der Waals surface area contributed by atoms with Gasteiger partial charge in [-0.3, -0.25) is 4.57 Å². The van der Waals surface area contributed by atoms with Crippen molar-refractivity contribution in [1.82, 2.24) is 23.9 Å². The Balaban J connectivity index is 2.22. The van der Waals surface area contributed by atoms with Crippen molar-refractivity contribution in [2.75, 3.05) is 12.4 Å². The van der Waals surface area contributed by atoms with Crippen LogP contribution in [0.1, 0.15) is 19.2 Å². The molecule has 0 spiro atoms. The molecule has 0 atom stereocenters. The van der Waals surface area contributed by atoms with E-state index in [4.69, 9.17) is 0 Å². The van der Waals surface area contributed by atoms with Crippen molar-refractivity contribution in [2.45, 2.75) is 19.8 Å². The van der Waals surface area contributed by atoms with Crippen molar-refractivity contribution in [2.24, 2.45) is 0 Å². The van der Waals surface area contributed by atoms with Crippen LogP contribution in [0.15, 0.2) is 31.0 Å². The molecule has 0 aliphatic heterocycles. The fourth-order valence-electron chi connectivity index (χ4n) is 2.13. The number of aryl methyl sites for hydroxylation is 1. The van der Waals surface area contributed by atoms with Crippen LogP contribution >= 0.6 is 0 Å². The van der Waals surface area contributed by atoms with Gasteiger partial charge in [0, 0.05) is 38.3 Å². The highest BCUT2D eigenvalue weighted by Gasteiger charge is 2.12. The summed E-state index contributed by atoms with van der Waals surface area (Å²) in [6, 6.07) is 0. The number of aromatic nitrogens is 5. The SMILES string of the molecule is CCCc1nccn1-c1nc(NC)cn2ccnc12. The maximum atomic E-state index is 4.61. The van der Waals surface area contributed by atoms with E-state index >= 15 is 0 Å². The molecule has 0 saturated heterocycles. The molecule has 0 amide bonds. The maximum absolute atomic E-state index is 4.61. The molecule has 3 rings (SSSR count). The number of rotatable bonds is 4. The number of imidazole rings is 2. The molecule has 0 unspecified atom stereocenters. The zero-order valence-corrected chi connectivity index (χ0v) is 11.0. The molecule has 0 aliphatic carbocycles. The summed E-state index contributed by atoms with van der Waals surface area (Å²) in [5, 5.41) is 3.07. The van der Waals surface area contributed by atoms with Crippen molar-refractivity contribution >= 4 is 11.5 Å². The van der Waals surface area contributed by atoms with Crippen molar-refractivity contribution in [3.8, 4) is 5.82 Å². The van der Waals surface area contributed by atoms with Crippen LogP contribution in [-0.4, -0.2) is 31.0 Å². The lowest BCUT2D eigenvalue weighted by atomic mass is 10.3. The third kappa shape index (κ3) is 1.95. The zero-order chi connectivity index (χ0) is 13.2. The molecule has 0 fully saturated rings. The average Bonchev–Trinajstić information content (AvgIpc) is 3.06. The van der Waals surface area contributed by atoms with Crippen LogP contribution < -0.4 is 5.32 Å². The van der Waals surface area contributed by atoms with E-state index in [2.05, 4.69) is 27.2 Å². The van der Waals surface area contributed by atoms with E-state index in [-0.39, 0.29) is 0 Å². The van der Waals surface area contributed by atoms with Crippen LogP contribution in [0.2, 0.25) is 0 Å². The Morgan fingerprint density at radius 1 is 1.21 bits per heavy atom. The molecular formula is C13H16N6. The van der Waals surface area contributed by atoms with E-state index in [0.29, 0.717) is 0 Å². The molecule has 3 aromatic rings. The Kier molecular flexibility index (Phi) is 2.91. The molecule has 0 aromatic carbocycles. The fraction of sp³-hybridized carbons (Fsp3) is 0.308. The lowest BCUT2D eigenvalue weighted by Crippen LogP contribution is -2.07. The first kappa shape index (κ1) is 11.7. The third-order valence-corrected chi connectivity index (χ3v) is 3.03. The van der Waals surface area contributed by atoms with Crippen molar-refractivity contribution in [1.29, 1.82) is 0 Å². The van der Waals surface area contributed by atoms with E-state index in [9.17, 15) is 0 Å². The van der Waals surface area contributed by atoms with Crippen LogP contribution in [0.4, 0.5) is 5.82 Å². The predicted molar refractivity (Wildman–Crippen MR) is 73.7 cm³/mol. The number of nitrogens with one attached hydrogen (secondary N) is 1. The molecule has 6 nitrogen and oxygen atoms in total. The number of hydrogen-bond acceptors (Lipinski definition) is 4. The van der Waals surface area contributed by atoms with Crippen molar-refractivity contribution < 1.29 is 0 Å². The predicted octanol–water partition coefficient (Wildman–Crippen LogP) is 1.91. The van der Waals surface area contributed by atoms with Gasteiger partial charge >= 0.3 is 0 Å². The minimum absolute atomic E-state index is 0.802. The van der Waals surface area contributed by atoms with Gasteiger partial charge in [0.1, 0.15) is 11.6 Å². The first-order valence-electron chi connectivity index (χ1n) is 6.37. The molecule has 3 aromatic heterocycles. The Bertz CT molecular complexity index is 696. The summed E-state index contributed by atoms with van der Waals surface area (Å²) in [6.45, 7) is 2.14.